The van der Waals surface area contributed by atoms with Gasteiger partial charge < -0.3 is 10.6 Å². The van der Waals surface area contributed by atoms with Crippen LogP contribution < -0.4 is 5.73 Å². The zero-order valence-corrected chi connectivity index (χ0v) is 11.7. The molecule has 17 heavy (non-hydrogen) atoms. The van der Waals surface area contributed by atoms with Crippen LogP contribution in [-0.2, 0) is 11.2 Å². The zero-order chi connectivity index (χ0) is 12.4. The number of hydrogen-bond donors (Lipinski definition) is 1. The highest BCUT2D eigenvalue weighted by Gasteiger charge is 2.23. The van der Waals surface area contributed by atoms with Crippen LogP contribution in [0.2, 0.25) is 5.02 Å². The number of amides is 1. The standard InChI is InChI=1S/C12H14BrClN2O/c13-10-2-1-8(5-11(10)14)6-12(17)16-4-3-9(15)7-16/h1-2,5,9H,3-4,6-7,15H2/t9-/m0/s1. The quantitative estimate of drug-likeness (QED) is 0.909. The van der Waals surface area contributed by atoms with Crippen LogP contribution in [0.25, 0.3) is 0 Å². The van der Waals surface area contributed by atoms with Gasteiger partial charge in [-0.3, -0.25) is 4.79 Å². The third kappa shape index (κ3) is 3.21. The maximum Gasteiger partial charge on any atom is 0.227 e. The number of likely N-dealkylation sites (tertiary alicyclic amines) is 1. The Labute approximate surface area is 114 Å². The lowest BCUT2D eigenvalue weighted by Crippen LogP contribution is -2.32. The van der Waals surface area contributed by atoms with Crippen LogP contribution in [0.5, 0.6) is 0 Å². The molecular weight excluding hydrogens is 304 g/mol. The highest BCUT2D eigenvalue weighted by Crippen LogP contribution is 2.23. The molecule has 92 valence electrons. The van der Waals surface area contributed by atoms with E-state index in [2.05, 4.69) is 15.9 Å². The Balaban J connectivity index is 2.00. The molecule has 1 aromatic rings. The first-order valence-electron chi connectivity index (χ1n) is 5.53. The molecular formula is C12H14BrClN2O. The normalized spacial score (nSPS) is 19.7. The predicted molar refractivity (Wildman–Crippen MR) is 72.0 cm³/mol. The van der Waals surface area contributed by atoms with Crippen LogP contribution in [0, 0.1) is 0 Å². The minimum absolute atomic E-state index is 0.122. The van der Waals surface area contributed by atoms with E-state index in [0.717, 1.165) is 23.0 Å². The van der Waals surface area contributed by atoms with Gasteiger partial charge in [0.2, 0.25) is 5.91 Å². The number of hydrogen-bond acceptors (Lipinski definition) is 2. The summed E-state index contributed by atoms with van der Waals surface area (Å²) in [6, 6.07) is 5.72. The summed E-state index contributed by atoms with van der Waals surface area (Å²) in [4.78, 5) is 13.8. The lowest BCUT2D eigenvalue weighted by atomic mass is 10.1. The van der Waals surface area contributed by atoms with E-state index < -0.39 is 0 Å². The molecule has 0 radical (unpaired) electrons. The summed E-state index contributed by atoms with van der Waals surface area (Å²) < 4.78 is 0.846. The van der Waals surface area contributed by atoms with Crippen molar-refractivity contribution in [1.82, 2.24) is 4.90 Å². The van der Waals surface area contributed by atoms with Gasteiger partial charge >= 0.3 is 0 Å². The van der Waals surface area contributed by atoms with Crippen molar-refractivity contribution in [3.8, 4) is 0 Å². The van der Waals surface area contributed by atoms with Crippen molar-refractivity contribution < 1.29 is 4.79 Å². The van der Waals surface area contributed by atoms with Crippen molar-refractivity contribution in [2.75, 3.05) is 13.1 Å². The predicted octanol–water partition coefficient (Wildman–Crippen LogP) is 2.20. The van der Waals surface area contributed by atoms with Crippen molar-refractivity contribution in [2.45, 2.75) is 18.9 Å². The highest BCUT2D eigenvalue weighted by atomic mass is 79.9. The Morgan fingerprint density at radius 2 is 2.35 bits per heavy atom. The van der Waals surface area contributed by atoms with E-state index in [1.165, 1.54) is 0 Å². The summed E-state index contributed by atoms with van der Waals surface area (Å²) in [5.74, 6) is 0.122. The van der Waals surface area contributed by atoms with Crippen molar-refractivity contribution in [3.63, 3.8) is 0 Å². The van der Waals surface area contributed by atoms with Gasteiger partial charge in [-0.2, -0.15) is 0 Å². The number of rotatable bonds is 2. The number of carbonyl (C=O) groups excluding carboxylic acids is 1. The van der Waals surface area contributed by atoms with Gasteiger partial charge in [0, 0.05) is 23.6 Å². The second-order valence-corrected chi connectivity index (χ2v) is 5.58. The van der Waals surface area contributed by atoms with Crippen LogP contribution >= 0.6 is 27.5 Å². The van der Waals surface area contributed by atoms with E-state index in [-0.39, 0.29) is 11.9 Å². The van der Waals surface area contributed by atoms with Crippen molar-refractivity contribution in [1.29, 1.82) is 0 Å². The summed E-state index contributed by atoms with van der Waals surface area (Å²) in [6.45, 7) is 1.44. The zero-order valence-electron chi connectivity index (χ0n) is 9.33. The van der Waals surface area contributed by atoms with Crippen LogP contribution in [-0.4, -0.2) is 29.9 Å². The number of nitrogens with two attached hydrogens (primary N) is 1. The monoisotopic (exact) mass is 316 g/mol. The Morgan fingerprint density at radius 3 is 2.94 bits per heavy atom. The number of nitrogens with zero attached hydrogens (tertiary/aromatic N) is 1. The molecule has 1 heterocycles. The van der Waals surface area contributed by atoms with Gasteiger partial charge in [-0.15, -0.1) is 0 Å². The molecule has 0 aliphatic carbocycles. The van der Waals surface area contributed by atoms with E-state index in [4.69, 9.17) is 17.3 Å². The van der Waals surface area contributed by atoms with Crippen molar-refractivity contribution in [3.05, 3.63) is 33.3 Å². The minimum atomic E-state index is 0.122. The summed E-state index contributed by atoms with van der Waals surface area (Å²) >= 11 is 9.31. The third-order valence-electron chi connectivity index (χ3n) is 2.92. The molecule has 1 fully saturated rings. The molecule has 3 nitrogen and oxygen atoms in total. The van der Waals surface area contributed by atoms with Gasteiger partial charge in [-0.25, -0.2) is 0 Å². The van der Waals surface area contributed by atoms with Crippen molar-refractivity contribution >= 4 is 33.4 Å². The molecule has 5 heteroatoms. The lowest BCUT2D eigenvalue weighted by Gasteiger charge is -2.15. The first-order chi connectivity index (χ1) is 8.06. The molecule has 2 rings (SSSR count). The van der Waals surface area contributed by atoms with Gasteiger partial charge in [0.05, 0.1) is 11.4 Å². The van der Waals surface area contributed by atoms with Crippen LogP contribution in [0.3, 0.4) is 0 Å². The second kappa shape index (κ2) is 5.38. The van der Waals surface area contributed by atoms with Gasteiger partial charge in [0.25, 0.3) is 0 Å². The van der Waals surface area contributed by atoms with E-state index in [9.17, 15) is 4.79 Å². The maximum atomic E-state index is 12.0. The molecule has 2 N–H and O–H groups in total. The minimum Gasteiger partial charge on any atom is -0.341 e. The molecule has 1 atom stereocenters. The summed E-state index contributed by atoms with van der Waals surface area (Å²) in [7, 11) is 0. The number of halogens is 2. The SMILES string of the molecule is N[C@H]1CCN(C(=O)Cc2ccc(Br)c(Cl)c2)C1. The van der Waals surface area contributed by atoms with Crippen LogP contribution in [0.15, 0.2) is 22.7 Å². The summed E-state index contributed by atoms with van der Waals surface area (Å²) in [5.41, 5.74) is 6.71. The molecule has 1 aromatic carbocycles. The highest BCUT2D eigenvalue weighted by molar-refractivity contribution is 9.10. The molecule has 1 saturated heterocycles. The largest absolute Gasteiger partial charge is 0.341 e. The fourth-order valence-corrected chi connectivity index (χ4v) is 2.40. The van der Waals surface area contributed by atoms with Crippen LogP contribution in [0.4, 0.5) is 0 Å². The Kier molecular flexibility index (Phi) is 4.07. The van der Waals surface area contributed by atoms with E-state index in [0.29, 0.717) is 18.0 Å². The van der Waals surface area contributed by atoms with Gasteiger partial charge in [-0.05, 0) is 40.0 Å². The smallest absolute Gasteiger partial charge is 0.227 e. The molecule has 0 saturated carbocycles. The summed E-state index contributed by atoms with van der Waals surface area (Å²) in [6.07, 6.45) is 1.28. The Hall–Kier alpha value is -0.580. The van der Waals surface area contributed by atoms with E-state index >= 15 is 0 Å². The first-order valence-corrected chi connectivity index (χ1v) is 6.70. The molecule has 1 aliphatic heterocycles. The average molecular weight is 318 g/mol. The molecule has 0 aromatic heterocycles. The Morgan fingerprint density at radius 1 is 1.59 bits per heavy atom. The van der Waals surface area contributed by atoms with Gasteiger partial charge in [-0.1, -0.05) is 17.7 Å². The second-order valence-electron chi connectivity index (χ2n) is 4.31. The fourth-order valence-electron chi connectivity index (χ4n) is 1.95. The lowest BCUT2D eigenvalue weighted by molar-refractivity contribution is -0.129. The van der Waals surface area contributed by atoms with Crippen molar-refractivity contribution in [2.24, 2.45) is 5.73 Å². The summed E-state index contributed by atoms with van der Waals surface area (Å²) in [5, 5.41) is 0.633. The third-order valence-corrected chi connectivity index (χ3v) is 4.15. The molecule has 0 spiro atoms. The van der Waals surface area contributed by atoms with E-state index in [1.807, 2.05) is 23.1 Å². The van der Waals surface area contributed by atoms with Crippen LogP contribution in [0.1, 0.15) is 12.0 Å². The van der Waals surface area contributed by atoms with Gasteiger partial charge in [0.15, 0.2) is 0 Å². The maximum absolute atomic E-state index is 12.0. The molecule has 1 aliphatic rings. The number of benzene rings is 1. The molecule has 0 unspecified atom stereocenters. The van der Waals surface area contributed by atoms with E-state index in [1.54, 1.807) is 0 Å². The topological polar surface area (TPSA) is 46.3 Å². The Bertz CT molecular complexity index is 439. The number of carbonyl (C=O) groups is 1. The first kappa shape index (κ1) is 12.9. The molecule has 1 amide bonds. The van der Waals surface area contributed by atoms with Gasteiger partial charge in [0.1, 0.15) is 0 Å². The fraction of sp³-hybridized carbons (Fsp3) is 0.417. The average Bonchev–Trinajstić information content (AvgIpc) is 2.70. The molecule has 0 bridgehead atoms.